The smallest absolute Gasteiger partial charge is 0.270 e. The summed E-state index contributed by atoms with van der Waals surface area (Å²) in [5.41, 5.74) is -0.287. The molecule has 11 heteroatoms. The van der Waals surface area contributed by atoms with Crippen molar-refractivity contribution in [1.82, 2.24) is 9.21 Å². The van der Waals surface area contributed by atoms with Gasteiger partial charge in [-0.3, -0.25) is 14.9 Å². The molecule has 166 valence electrons. The Morgan fingerprint density at radius 1 is 1.09 bits per heavy atom. The number of hydrogen-bond donors (Lipinski definition) is 0. The summed E-state index contributed by atoms with van der Waals surface area (Å²) in [5.74, 6) is -0.231. The third-order valence-electron chi connectivity index (χ3n) is 5.15. The van der Waals surface area contributed by atoms with Crippen LogP contribution in [-0.2, 0) is 14.8 Å². The molecule has 1 fully saturated rings. The van der Waals surface area contributed by atoms with Crippen LogP contribution in [0.25, 0.3) is 16.2 Å². The molecule has 0 spiro atoms. The Morgan fingerprint density at radius 3 is 2.50 bits per heavy atom. The SMILES string of the molecule is O=C(/C=C/c1sc2ccccc2c1Cl)N1CCN(S(=O)(=O)c2cccc([N+](=O)[O-])c2)CC1. The van der Waals surface area contributed by atoms with Crippen molar-refractivity contribution in [3.05, 3.63) is 74.6 Å². The zero-order chi connectivity index (χ0) is 22.9. The number of non-ortho nitro benzene ring substituents is 1. The Labute approximate surface area is 193 Å². The highest BCUT2D eigenvalue weighted by Crippen LogP contribution is 2.36. The van der Waals surface area contributed by atoms with Crippen LogP contribution in [0.4, 0.5) is 5.69 Å². The Balaban J connectivity index is 1.42. The summed E-state index contributed by atoms with van der Waals surface area (Å²) in [6.07, 6.45) is 3.13. The summed E-state index contributed by atoms with van der Waals surface area (Å²) in [5, 5.41) is 12.5. The number of rotatable bonds is 5. The minimum Gasteiger partial charge on any atom is -0.337 e. The molecule has 32 heavy (non-hydrogen) atoms. The van der Waals surface area contributed by atoms with Crippen LogP contribution in [0.3, 0.4) is 0 Å². The fourth-order valence-corrected chi connectivity index (χ4v) is 6.31. The van der Waals surface area contributed by atoms with Crippen LogP contribution >= 0.6 is 22.9 Å². The molecule has 3 aromatic rings. The van der Waals surface area contributed by atoms with E-state index in [1.165, 1.54) is 39.9 Å². The number of thiophene rings is 1. The van der Waals surface area contributed by atoms with Crippen LogP contribution in [-0.4, -0.2) is 54.6 Å². The van der Waals surface area contributed by atoms with Gasteiger partial charge in [-0.2, -0.15) is 4.31 Å². The van der Waals surface area contributed by atoms with Crippen molar-refractivity contribution in [2.75, 3.05) is 26.2 Å². The van der Waals surface area contributed by atoms with Gasteiger partial charge in [0.15, 0.2) is 0 Å². The van der Waals surface area contributed by atoms with Gasteiger partial charge in [0.1, 0.15) is 0 Å². The molecule has 2 aromatic carbocycles. The number of nitro groups is 1. The lowest BCUT2D eigenvalue weighted by molar-refractivity contribution is -0.385. The van der Waals surface area contributed by atoms with Gasteiger partial charge in [-0.1, -0.05) is 35.9 Å². The third kappa shape index (κ3) is 4.40. The average molecular weight is 492 g/mol. The molecule has 0 atom stereocenters. The maximum Gasteiger partial charge on any atom is 0.270 e. The second-order valence-corrected chi connectivity index (χ2v) is 10.5. The van der Waals surface area contributed by atoms with Crippen molar-refractivity contribution in [2.45, 2.75) is 4.90 Å². The molecule has 0 N–H and O–H groups in total. The Hall–Kier alpha value is -2.79. The molecule has 8 nitrogen and oxygen atoms in total. The van der Waals surface area contributed by atoms with E-state index in [1.807, 2.05) is 24.3 Å². The highest BCUT2D eigenvalue weighted by atomic mass is 35.5. The summed E-state index contributed by atoms with van der Waals surface area (Å²) in [4.78, 5) is 25.1. The van der Waals surface area contributed by atoms with Gasteiger partial charge in [0.05, 0.1) is 14.8 Å². The van der Waals surface area contributed by atoms with Crippen molar-refractivity contribution in [3.8, 4) is 0 Å². The highest BCUT2D eigenvalue weighted by Gasteiger charge is 2.30. The lowest BCUT2D eigenvalue weighted by atomic mass is 10.2. The predicted molar refractivity (Wildman–Crippen MR) is 124 cm³/mol. The largest absolute Gasteiger partial charge is 0.337 e. The van der Waals surface area contributed by atoms with Crippen LogP contribution in [0, 0.1) is 10.1 Å². The molecule has 1 aliphatic heterocycles. The van der Waals surface area contributed by atoms with E-state index >= 15 is 0 Å². The third-order valence-corrected chi connectivity index (χ3v) is 8.70. The maximum absolute atomic E-state index is 12.8. The van der Waals surface area contributed by atoms with Crippen molar-refractivity contribution in [2.24, 2.45) is 0 Å². The number of nitrogens with zero attached hydrogens (tertiary/aromatic N) is 3. The average Bonchev–Trinajstić information content (AvgIpc) is 3.13. The molecule has 4 rings (SSSR count). The minimum atomic E-state index is -3.89. The van der Waals surface area contributed by atoms with E-state index in [0.717, 1.165) is 21.0 Å². The van der Waals surface area contributed by atoms with Crippen LogP contribution in [0.15, 0.2) is 59.5 Å². The first-order chi connectivity index (χ1) is 15.3. The first-order valence-electron chi connectivity index (χ1n) is 9.66. The lowest BCUT2D eigenvalue weighted by Crippen LogP contribution is -2.50. The Bertz CT molecular complexity index is 1330. The van der Waals surface area contributed by atoms with E-state index in [2.05, 4.69) is 0 Å². The van der Waals surface area contributed by atoms with Gasteiger partial charge >= 0.3 is 0 Å². The molecule has 1 aromatic heterocycles. The maximum atomic E-state index is 12.8. The zero-order valence-electron chi connectivity index (χ0n) is 16.7. The molecule has 0 aliphatic carbocycles. The monoisotopic (exact) mass is 491 g/mol. The summed E-state index contributed by atoms with van der Waals surface area (Å²) >= 11 is 7.90. The van der Waals surface area contributed by atoms with E-state index in [-0.39, 0.29) is 42.7 Å². The van der Waals surface area contributed by atoms with Crippen molar-refractivity contribution >= 4 is 60.7 Å². The second-order valence-electron chi connectivity index (χ2n) is 7.09. The quantitative estimate of drug-likeness (QED) is 0.305. The highest BCUT2D eigenvalue weighted by molar-refractivity contribution is 7.89. The number of benzene rings is 2. The summed E-state index contributed by atoms with van der Waals surface area (Å²) < 4.78 is 28.0. The molecule has 1 saturated heterocycles. The zero-order valence-corrected chi connectivity index (χ0v) is 19.1. The molecule has 0 saturated carbocycles. The molecule has 1 aliphatic rings. The standard InChI is InChI=1S/C21H18ClN3O5S2/c22-21-17-6-1-2-7-18(17)31-19(21)8-9-20(26)23-10-12-24(13-11-23)32(29,30)16-5-3-4-15(14-16)25(27)28/h1-9,14H,10-13H2/b9-8+. The Kier molecular flexibility index (Phi) is 6.29. The number of amides is 1. The van der Waals surface area contributed by atoms with E-state index in [0.29, 0.717) is 5.02 Å². The number of nitro benzene ring substituents is 1. The normalized spacial score (nSPS) is 15.5. The number of halogens is 1. The van der Waals surface area contributed by atoms with E-state index < -0.39 is 14.9 Å². The van der Waals surface area contributed by atoms with Gasteiger partial charge in [-0.15, -0.1) is 11.3 Å². The van der Waals surface area contributed by atoms with E-state index in [4.69, 9.17) is 11.6 Å². The summed E-state index contributed by atoms with van der Waals surface area (Å²) in [6, 6.07) is 12.7. The van der Waals surface area contributed by atoms with Gasteiger partial charge in [-0.25, -0.2) is 8.42 Å². The van der Waals surface area contributed by atoms with Crippen LogP contribution in [0.2, 0.25) is 5.02 Å². The molecule has 1 amide bonds. The van der Waals surface area contributed by atoms with E-state index in [1.54, 1.807) is 11.0 Å². The molecular formula is C21H18ClN3O5S2. The molecular weight excluding hydrogens is 474 g/mol. The number of sulfonamides is 1. The van der Waals surface area contributed by atoms with E-state index in [9.17, 15) is 23.3 Å². The Morgan fingerprint density at radius 2 is 1.81 bits per heavy atom. The molecule has 0 unspecified atom stereocenters. The summed E-state index contributed by atoms with van der Waals surface area (Å²) in [6.45, 7) is 0.650. The van der Waals surface area contributed by atoms with Crippen molar-refractivity contribution < 1.29 is 18.1 Å². The predicted octanol–water partition coefficient (Wildman–Crippen LogP) is 4.01. The number of piperazine rings is 1. The molecule has 0 bridgehead atoms. The topological polar surface area (TPSA) is 101 Å². The molecule has 0 radical (unpaired) electrons. The fraction of sp³-hybridized carbons (Fsp3) is 0.190. The summed E-state index contributed by atoms with van der Waals surface area (Å²) in [7, 11) is -3.89. The van der Waals surface area contributed by atoms with Gasteiger partial charge in [0.2, 0.25) is 15.9 Å². The minimum absolute atomic E-state index is 0.105. The van der Waals surface area contributed by atoms with Gasteiger partial charge in [0.25, 0.3) is 5.69 Å². The van der Waals surface area contributed by atoms with Crippen molar-refractivity contribution in [1.29, 1.82) is 0 Å². The number of fused-ring (bicyclic) bond motifs is 1. The first kappa shape index (κ1) is 22.4. The number of carbonyl (C=O) groups is 1. The van der Waals surface area contributed by atoms with Crippen LogP contribution in [0.1, 0.15) is 4.88 Å². The van der Waals surface area contributed by atoms with Gasteiger partial charge < -0.3 is 4.90 Å². The first-order valence-corrected chi connectivity index (χ1v) is 12.3. The van der Waals surface area contributed by atoms with Crippen LogP contribution < -0.4 is 0 Å². The molecule has 2 heterocycles. The van der Waals surface area contributed by atoms with Gasteiger partial charge in [-0.05, 0) is 18.2 Å². The van der Waals surface area contributed by atoms with Crippen molar-refractivity contribution in [3.63, 3.8) is 0 Å². The second kappa shape index (κ2) is 8.99. The van der Waals surface area contributed by atoms with Crippen LogP contribution in [0.5, 0.6) is 0 Å². The van der Waals surface area contributed by atoms with Gasteiger partial charge in [0, 0.05) is 59.4 Å². The fourth-order valence-electron chi connectivity index (χ4n) is 3.45. The number of hydrogen-bond acceptors (Lipinski definition) is 6. The number of carbonyl (C=O) groups excluding carboxylic acids is 1. The lowest BCUT2D eigenvalue weighted by Gasteiger charge is -2.33.